The Balaban J connectivity index is 2.44. The van der Waals surface area contributed by atoms with Gasteiger partial charge in [0.05, 0.1) is 0 Å². The number of aromatic nitrogens is 1. The minimum Gasteiger partial charge on any atom is -0.262 e. The number of benzene rings is 1. The summed E-state index contributed by atoms with van der Waals surface area (Å²) in [5.41, 5.74) is 3.48. The van der Waals surface area contributed by atoms with Crippen LogP contribution in [0.1, 0.15) is 5.69 Å². The molecule has 0 aliphatic carbocycles. The molecule has 2 heteroatoms. The zero-order valence-corrected chi connectivity index (χ0v) is 9.45. The van der Waals surface area contributed by atoms with Crippen LogP contribution >= 0.6 is 15.9 Å². The van der Waals surface area contributed by atoms with Gasteiger partial charge in [-0.2, -0.15) is 0 Å². The molecule has 0 atom stereocenters. The molecule has 0 unspecified atom stereocenters. The van der Waals surface area contributed by atoms with Gasteiger partial charge in [0.2, 0.25) is 0 Å². The molecule has 0 amide bonds. The quantitative estimate of drug-likeness (QED) is 0.747. The summed E-state index contributed by atoms with van der Waals surface area (Å²) in [7, 11) is 0. The van der Waals surface area contributed by atoms with Crippen LogP contribution in [0.2, 0.25) is 0 Å². The first-order chi connectivity index (χ1) is 6.75. The van der Waals surface area contributed by atoms with Gasteiger partial charge in [-0.25, -0.2) is 0 Å². The first-order valence-corrected chi connectivity index (χ1v) is 5.23. The largest absolute Gasteiger partial charge is 0.262 e. The zero-order chi connectivity index (χ0) is 9.97. The van der Waals surface area contributed by atoms with Gasteiger partial charge < -0.3 is 0 Å². The van der Waals surface area contributed by atoms with E-state index in [-0.39, 0.29) is 0 Å². The van der Waals surface area contributed by atoms with Crippen molar-refractivity contribution in [2.45, 2.75) is 6.92 Å². The molecule has 0 radical (unpaired) electrons. The molecule has 0 spiro atoms. The summed E-state index contributed by atoms with van der Waals surface area (Å²) in [4.78, 5) is 4.17. The first-order valence-electron chi connectivity index (χ1n) is 4.44. The molecule has 1 heterocycles. The van der Waals surface area contributed by atoms with Crippen LogP contribution in [-0.4, -0.2) is 4.98 Å². The lowest BCUT2D eigenvalue weighted by Crippen LogP contribution is -1.82. The second-order valence-corrected chi connectivity index (χ2v) is 4.11. The van der Waals surface area contributed by atoms with Crippen molar-refractivity contribution in [1.82, 2.24) is 4.98 Å². The first kappa shape index (κ1) is 9.41. The third kappa shape index (κ3) is 2.02. The molecular formula is C12H10BrN. The Hall–Kier alpha value is -1.15. The van der Waals surface area contributed by atoms with Crippen LogP contribution in [0.3, 0.4) is 0 Å². The molecule has 2 rings (SSSR count). The standard InChI is InChI=1S/C12H10BrN/c1-9-8-11(6-7-14-9)10-2-4-12(13)5-3-10/h2-8H,1H3. The molecule has 0 fully saturated rings. The fourth-order valence-corrected chi connectivity index (χ4v) is 1.63. The maximum absolute atomic E-state index is 4.17. The van der Waals surface area contributed by atoms with E-state index in [0.717, 1.165) is 10.2 Å². The SMILES string of the molecule is Cc1cc(-c2ccc(Br)cc2)ccn1. The van der Waals surface area contributed by atoms with Crippen LogP contribution in [0.4, 0.5) is 0 Å². The summed E-state index contributed by atoms with van der Waals surface area (Å²) < 4.78 is 1.10. The van der Waals surface area contributed by atoms with Crippen LogP contribution in [0.25, 0.3) is 11.1 Å². The third-order valence-corrected chi connectivity index (χ3v) is 2.60. The average molecular weight is 248 g/mol. The highest BCUT2D eigenvalue weighted by Crippen LogP contribution is 2.21. The lowest BCUT2D eigenvalue weighted by atomic mass is 10.1. The van der Waals surface area contributed by atoms with Crippen molar-refractivity contribution in [2.24, 2.45) is 0 Å². The Labute approximate surface area is 91.9 Å². The van der Waals surface area contributed by atoms with Gasteiger partial charge in [-0.15, -0.1) is 0 Å². The van der Waals surface area contributed by atoms with Gasteiger partial charge in [0.1, 0.15) is 0 Å². The molecule has 0 aliphatic heterocycles. The highest BCUT2D eigenvalue weighted by molar-refractivity contribution is 9.10. The summed E-state index contributed by atoms with van der Waals surface area (Å²) in [6.45, 7) is 2.00. The van der Waals surface area contributed by atoms with Crippen LogP contribution in [-0.2, 0) is 0 Å². The molecule has 0 aliphatic rings. The molecule has 0 saturated carbocycles. The molecule has 1 nitrogen and oxygen atoms in total. The predicted molar refractivity (Wildman–Crippen MR) is 62.1 cm³/mol. The topological polar surface area (TPSA) is 12.9 Å². The van der Waals surface area contributed by atoms with Crippen LogP contribution in [0.15, 0.2) is 47.1 Å². The lowest BCUT2D eigenvalue weighted by molar-refractivity contribution is 1.20. The lowest BCUT2D eigenvalue weighted by Gasteiger charge is -2.02. The molecule has 0 saturated heterocycles. The van der Waals surface area contributed by atoms with Gasteiger partial charge >= 0.3 is 0 Å². The van der Waals surface area contributed by atoms with Gasteiger partial charge in [-0.05, 0) is 42.3 Å². The number of rotatable bonds is 1. The third-order valence-electron chi connectivity index (χ3n) is 2.07. The maximum atomic E-state index is 4.17. The Morgan fingerprint density at radius 2 is 1.71 bits per heavy atom. The summed E-state index contributed by atoms with van der Waals surface area (Å²) in [6.07, 6.45) is 1.84. The van der Waals surface area contributed by atoms with E-state index in [9.17, 15) is 0 Å². The summed E-state index contributed by atoms with van der Waals surface area (Å²) in [5.74, 6) is 0. The van der Waals surface area contributed by atoms with E-state index in [0.29, 0.717) is 0 Å². The van der Waals surface area contributed by atoms with Crippen molar-refractivity contribution >= 4 is 15.9 Å². The van der Waals surface area contributed by atoms with Crippen molar-refractivity contribution in [3.05, 3.63) is 52.8 Å². The predicted octanol–water partition coefficient (Wildman–Crippen LogP) is 3.82. The van der Waals surface area contributed by atoms with Crippen molar-refractivity contribution in [1.29, 1.82) is 0 Å². The number of hydrogen-bond donors (Lipinski definition) is 0. The van der Waals surface area contributed by atoms with Gasteiger partial charge in [-0.1, -0.05) is 28.1 Å². The average Bonchev–Trinajstić information content (AvgIpc) is 2.19. The van der Waals surface area contributed by atoms with E-state index < -0.39 is 0 Å². The van der Waals surface area contributed by atoms with E-state index >= 15 is 0 Å². The molecule has 1 aromatic heterocycles. The molecule has 2 aromatic rings. The fraction of sp³-hybridized carbons (Fsp3) is 0.0833. The number of aryl methyl sites for hydroxylation is 1. The normalized spacial score (nSPS) is 10.1. The summed E-state index contributed by atoms with van der Waals surface area (Å²) in [5, 5.41) is 0. The van der Waals surface area contributed by atoms with Gasteiger partial charge in [0.25, 0.3) is 0 Å². The van der Waals surface area contributed by atoms with Gasteiger partial charge in [-0.3, -0.25) is 4.98 Å². The van der Waals surface area contributed by atoms with Crippen molar-refractivity contribution in [3.8, 4) is 11.1 Å². The van der Waals surface area contributed by atoms with E-state index in [1.165, 1.54) is 11.1 Å². The van der Waals surface area contributed by atoms with Crippen molar-refractivity contribution in [3.63, 3.8) is 0 Å². The monoisotopic (exact) mass is 247 g/mol. The smallest absolute Gasteiger partial charge is 0.0378 e. The number of hydrogen-bond acceptors (Lipinski definition) is 1. The molecule has 1 aromatic carbocycles. The number of halogens is 1. The van der Waals surface area contributed by atoms with Crippen molar-refractivity contribution < 1.29 is 0 Å². The van der Waals surface area contributed by atoms with Crippen molar-refractivity contribution in [2.75, 3.05) is 0 Å². The van der Waals surface area contributed by atoms with Crippen LogP contribution in [0, 0.1) is 6.92 Å². The maximum Gasteiger partial charge on any atom is 0.0378 e. The highest BCUT2D eigenvalue weighted by Gasteiger charge is 1.97. The van der Waals surface area contributed by atoms with Gasteiger partial charge in [0.15, 0.2) is 0 Å². The zero-order valence-electron chi connectivity index (χ0n) is 7.87. The molecule has 0 bridgehead atoms. The van der Waals surface area contributed by atoms with Crippen LogP contribution in [0.5, 0.6) is 0 Å². The van der Waals surface area contributed by atoms with E-state index in [2.05, 4.69) is 39.1 Å². The Morgan fingerprint density at radius 3 is 2.36 bits per heavy atom. The minimum atomic E-state index is 1.05. The Bertz CT molecular complexity index is 434. The summed E-state index contributed by atoms with van der Waals surface area (Å²) in [6, 6.07) is 12.4. The Morgan fingerprint density at radius 1 is 1.00 bits per heavy atom. The van der Waals surface area contributed by atoms with E-state index in [1.807, 2.05) is 31.3 Å². The fourth-order valence-electron chi connectivity index (χ4n) is 1.37. The summed E-state index contributed by atoms with van der Waals surface area (Å²) >= 11 is 3.42. The molecule has 14 heavy (non-hydrogen) atoms. The molecule has 70 valence electrons. The van der Waals surface area contributed by atoms with Crippen LogP contribution < -0.4 is 0 Å². The molecular weight excluding hydrogens is 238 g/mol. The number of pyridine rings is 1. The second-order valence-electron chi connectivity index (χ2n) is 3.19. The molecule has 0 N–H and O–H groups in total. The van der Waals surface area contributed by atoms with E-state index in [1.54, 1.807) is 0 Å². The van der Waals surface area contributed by atoms with E-state index in [4.69, 9.17) is 0 Å². The minimum absolute atomic E-state index is 1.05. The second kappa shape index (κ2) is 3.93. The Kier molecular flexibility index (Phi) is 2.64. The number of nitrogens with zero attached hydrogens (tertiary/aromatic N) is 1. The highest BCUT2D eigenvalue weighted by atomic mass is 79.9. The van der Waals surface area contributed by atoms with Gasteiger partial charge in [0, 0.05) is 16.4 Å².